The van der Waals surface area contributed by atoms with Gasteiger partial charge in [-0.05, 0) is 46.3 Å². The van der Waals surface area contributed by atoms with Crippen molar-refractivity contribution in [2.45, 2.75) is 33.8 Å². The quantitative estimate of drug-likeness (QED) is 0.791. The molecule has 0 atom stereocenters. The second-order valence-corrected chi connectivity index (χ2v) is 3.78. The van der Waals surface area contributed by atoms with E-state index >= 15 is 0 Å². The molecule has 0 bridgehead atoms. The van der Waals surface area contributed by atoms with Crippen LogP contribution in [0.25, 0.3) is 0 Å². The number of hydrogen-bond donors (Lipinski definition) is 1. The monoisotopic (exact) mass is 223 g/mol. The lowest BCUT2D eigenvalue weighted by molar-refractivity contribution is 0.128. The van der Waals surface area contributed by atoms with Gasteiger partial charge in [-0.3, -0.25) is 0 Å². The Kier molecular flexibility index (Phi) is 5.35. The average Bonchev–Trinajstić information content (AvgIpc) is 2.25. The molecule has 0 spiro atoms. The molecule has 0 aliphatic rings. The first-order chi connectivity index (χ1) is 7.69. The van der Waals surface area contributed by atoms with E-state index in [1.165, 1.54) is 5.56 Å². The number of aromatic nitrogens is 2. The fourth-order valence-electron chi connectivity index (χ4n) is 1.68. The molecule has 1 heterocycles. The smallest absolute Gasteiger partial charge is 0.154 e. The van der Waals surface area contributed by atoms with Crippen molar-refractivity contribution in [1.82, 2.24) is 15.3 Å². The molecule has 0 aliphatic heterocycles. The zero-order valence-electron chi connectivity index (χ0n) is 10.6. The Morgan fingerprint density at radius 1 is 1.19 bits per heavy atom. The van der Waals surface area contributed by atoms with Crippen LogP contribution in [0.5, 0.6) is 0 Å². The Bertz CT molecular complexity index is 316. The number of aryl methyl sites for hydroxylation is 2. The van der Waals surface area contributed by atoms with Crippen LogP contribution in [0.15, 0.2) is 0 Å². The molecule has 0 aromatic carbocycles. The van der Waals surface area contributed by atoms with Crippen LogP contribution >= 0.6 is 0 Å². The highest BCUT2D eigenvalue weighted by molar-refractivity contribution is 5.24. The number of nitrogens with zero attached hydrogens (tertiary/aromatic N) is 2. The number of hydrogen-bond acceptors (Lipinski definition) is 4. The van der Waals surface area contributed by atoms with Gasteiger partial charge in [0.25, 0.3) is 0 Å². The van der Waals surface area contributed by atoms with E-state index in [4.69, 9.17) is 4.74 Å². The maximum atomic E-state index is 5.31. The van der Waals surface area contributed by atoms with Gasteiger partial charge in [-0.1, -0.05) is 0 Å². The van der Waals surface area contributed by atoms with Gasteiger partial charge >= 0.3 is 0 Å². The third-order valence-corrected chi connectivity index (χ3v) is 2.53. The zero-order chi connectivity index (χ0) is 12.0. The van der Waals surface area contributed by atoms with E-state index in [0.29, 0.717) is 13.2 Å². The normalized spacial score (nSPS) is 10.8. The minimum Gasteiger partial charge on any atom is -0.374 e. The highest BCUT2D eigenvalue weighted by atomic mass is 16.5. The minimum absolute atomic E-state index is 0.504. The van der Waals surface area contributed by atoms with Gasteiger partial charge in [-0.25, -0.2) is 9.97 Å². The summed E-state index contributed by atoms with van der Waals surface area (Å²) in [6.45, 7) is 8.20. The molecule has 0 saturated heterocycles. The van der Waals surface area contributed by atoms with E-state index in [1.807, 2.05) is 27.8 Å². The van der Waals surface area contributed by atoms with E-state index in [9.17, 15) is 0 Å². The van der Waals surface area contributed by atoms with E-state index in [-0.39, 0.29) is 0 Å². The molecule has 4 nitrogen and oxygen atoms in total. The topological polar surface area (TPSA) is 47.0 Å². The molecule has 90 valence electrons. The zero-order valence-corrected chi connectivity index (χ0v) is 10.6. The first kappa shape index (κ1) is 13.1. The minimum atomic E-state index is 0.504. The third kappa shape index (κ3) is 3.54. The van der Waals surface area contributed by atoms with Crippen molar-refractivity contribution < 1.29 is 4.74 Å². The predicted octanol–water partition coefficient (Wildman–Crippen LogP) is 1.39. The number of likely N-dealkylation sites (N-methyl/N-ethyl adjacent to an activating group) is 1. The van der Waals surface area contributed by atoms with Gasteiger partial charge in [0.1, 0.15) is 6.61 Å². The van der Waals surface area contributed by atoms with Crippen LogP contribution in [0.2, 0.25) is 0 Å². The summed E-state index contributed by atoms with van der Waals surface area (Å²) in [7, 11) is 1.95. The summed E-state index contributed by atoms with van der Waals surface area (Å²) in [6, 6.07) is 0. The van der Waals surface area contributed by atoms with Crippen molar-refractivity contribution in [3.05, 3.63) is 22.8 Å². The third-order valence-electron chi connectivity index (χ3n) is 2.53. The van der Waals surface area contributed by atoms with E-state index in [0.717, 1.165) is 30.2 Å². The lowest BCUT2D eigenvalue weighted by Gasteiger charge is -2.10. The number of ether oxygens (including phenoxy) is 1. The molecular weight excluding hydrogens is 202 g/mol. The second kappa shape index (κ2) is 6.55. The van der Waals surface area contributed by atoms with E-state index in [1.54, 1.807) is 0 Å². The molecule has 1 aromatic rings. The average molecular weight is 223 g/mol. The summed E-state index contributed by atoms with van der Waals surface area (Å²) >= 11 is 0. The van der Waals surface area contributed by atoms with Crippen molar-refractivity contribution >= 4 is 0 Å². The summed E-state index contributed by atoms with van der Waals surface area (Å²) in [5.74, 6) is 0.782. The number of rotatable bonds is 6. The van der Waals surface area contributed by atoms with Gasteiger partial charge in [-0.2, -0.15) is 0 Å². The highest BCUT2D eigenvalue weighted by Crippen LogP contribution is 2.11. The molecule has 1 N–H and O–H groups in total. The largest absolute Gasteiger partial charge is 0.374 e. The molecule has 16 heavy (non-hydrogen) atoms. The van der Waals surface area contributed by atoms with Crippen molar-refractivity contribution in [2.24, 2.45) is 0 Å². The van der Waals surface area contributed by atoms with Gasteiger partial charge in [0.2, 0.25) is 0 Å². The SMILES string of the molecule is CCOCc1nc(C)c(CCNC)c(C)n1. The van der Waals surface area contributed by atoms with Gasteiger partial charge < -0.3 is 10.1 Å². The molecule has 1 aromatic heterocycles. The lowest BCUT2D eigenvalue weighted by atomic mass is 10.1. The van der Waals surface area contributed by atoms with E-state index in [2.05, 4.69) is 15.3 Å². The van der Waals surface area contributed by atoms with Crippen molar-refractivity contribution in [2.75, 3.05) is 20.2 Å². The summed E-state index contributed by atoms with van der Waals surface area (Å²) < 4.78 is 5.31. The summed E-state index contributed by atoms with van der Waals surface area (Å²) in [4.78, 5) is 8.92. The first-order valence-electron chi connectivity index (χ1n) is 5.74. The Morgan fingerprint density at radius 2 is 1.81 bits per heavy atom. The Morgan fingerprint density at radius 3 is 2.31 bits per heavy atom. The fourth-order valence-corrected chi connectivity index (χ4v) is 1.68. The van der Waals surface area contributed by atoms with Gasteiger partial charge in [0.15, 0.2) is 5.82 Å². The van der Waals surface area contributed by atoms with Crippen molar-refractivity contribution in [3.8, 4) is 0 Å². The first-order valence-corrected chi connectivity index (χ1v) is 5.74. The predicted molar refractivity (Wildman–Crippen MR) is 64.5 cm³/mol. The molecule has 0 fully saturated rings. The molecule has 0 amide bonds. The van der Waals surface area contributed by atoms with Crippen LogP contribution < -0.4 is 5.32 Å². The number of nitrogens with one attached hydrogen (secondary N) is 1. The fraction of sp³-hybridized carbons (Fsp3) is 0.667. The maximum absolute atomic E-state index is 5.31. The van der Waals surface area contributed by atoms with Crippen LogP contribution in [0, 0.1) is 13.8 Å². The molecule has 0 unspecified atom stereocenters. The summed E-state index contributed by atoms with van der Waals surface area (Å²) in [5.41, 5.74) is 3.38. The van der Waals surface area contributed by atoms with Crippen LogP contribution in [0.1, 0.15) is 29.7 Å². The Hall–Kier alpha value is -1.00. The molecule has 0 saturated carbocycles. The van der Waals surface area contributed by atoms with Crippen LogP contribution in [0.4, 0.5) is 0 Å². The maximum Gasteiger partial charge on any atom is 0.154 e. The van der Waals surface area contributed by atoms with E-state index < -0.39 is 0 Å². The van der Waals surface area contributed by atoms with Crippen LogP contribution in [0.3, 0.4) is 0 Å². The Labute approximate surface area is 97.5 Å². The standard InChI is InChI=1S/C12H21N3O/c1-5-16-8-12-14-9(2)11(6-7-13-4)10(3)15-12/h13H,5-8H2,1-4H3. The molecule has 1 rings (SSSR count). The van der Waals surface area contributed by atoms with Gasteiger partial charge in [-0.15, -0.1) is 0 Å². The summed E-state index contributed by atoms with van der Waals surface area (Å²) in [5, 5.41) is 3.14. The van der Waals surface area contributed by atoms with Crippen LogP contribution in [-0.2, 0) is 17.8 Å². The molecule has 0 radical (unpaired) electrons. The van der Waals surface area contributed by atoms with Crippen molar-refractivity contribution in [3.63, 3.8) is 0 Å². The molecule has 4 heteroatoms. The molecular formula is C12H21N3O. The highest BCUT2D eigenvalue weighted by Gasteiger charge is 2.07. The van der Waals surface area contributed by atoms with Crippen molar-refractivity contribution in [1.29, 1.82) is 0 Å². The van der Waals surface area contributed by atoms with Gasteiger partial charge in [0, 0.05) is 18.0 Å². The molecule has 0 aliphatic carbocycles. The second-order valence-electron chi connectivity index (χ2n) is 3.78. The van der Waals surface area contributed by atoms with Gasteiger partial charge in [0.05, 0.1) is 0 Å². The Balaban J connectivity index is 2.80. The lowest BCUT2D eigenvalue weighted by Crippen LogP contribution is -2.14. The summed E-state index contributed by atoms with van der Waals surface area (Å²) in [6.07, 6.45) is 0.975. The van der Waals surface area contributed by atoms with Crippen LogP contribution in [-0.4, -0.2) is 30.2 Å².